The number of benzene rings is 1. The van der Waals surface area contributed by atoms with Gasteiger partial charge in [-0.3, -0.25) is 14.8 Å². The van der Waals surface area contributed by atoms with Crippen molar-refractivity contribution in [2.45, 2.75) is 6.42 Å². The van der Waals surface area contributed by atoms with Gasteiger partial charge in [0.15, 0.2) is 0 Å². The van der Waals surface area contributed by atoms with E-state index in [9.17, 15) is 9.59 Å². The van der Waals surface area contributed by atoms with Crippen molar-refractivity contribution >= 4 is 17.6 Å². The molecule has 7 nitrogen and oxygen atoms in total. The number of anilines is 1. The first-order chi connectivity index (χ1) is 10.1. The van der Waals surface area contributed by atoms with Crippen LogP contribution in [0, 0.1) is 0 Å². The van der Waals surface area contributed by atoms with Crippen LogP contribution in [0.4, 0.5) is 5.69 Å². The maximum atomic E-state index is 11.5. The van der Waals surface area contributed by atoms with Crippen molar-refractivity contribution in [3.05, 3.63) is 36.1 Å². The van der Waals surface area contributed by atoms with Crippen LogP contribution in [-0.2, 0) is 4.79 Å². The number of hydrazine groups is 1. The van der Waals surface area contributed by atoms with E-state index in [1.807, 2.05) is 29.3 Å². The van der Waals surface area contributed by atoms with Gasteiger partial charge >= 0.3 is 5.97 Å². The number of hydrogen-bond acceptors (Lipinski definition) is 5. The molecule has 1 aromatic carbocycles. The topological polar surface area (TPSA) is 86.9 Å². The second kappa shape index (κ2) is 4.93. The summed E-state index contributed by atoms with van der Waals surface area (Å²) >= 11 is 0. The summed E-state index contributed by atoms with van der Waals surface area (Å²) in [6.45, 7) is 0.655. The summed E-state index contributed by atoms with van der Waals surface area (Å²) in [6.07, 6.45) is 0.503. The second-order valence-corrected chi connectivity index (χ2v) is 4.72. The Kier molecular flexibility index (Phi) is 3.09. The lowest BCUT2D eigenvalue weighted by atomic mass is 10.1. The van der Waals surface area contributed by atoms with Crippen LogP contribution in [0.2, 0.25) is 0 Å². The van der Waals surface area contributed by atoms with Crippen molar-refractivity contribution in [2.75, 3.05) is 18.6 Å². The molecule has 1 saturated heterocycles. The van der Waals surface area contributed by atoms with Crippen LogP contribution >= 0.6 is 0 Å². The molecular weight excluding hydrogens is 274 g/mol. The normalized spacial score (nSPS) is 14.8. The summed E-state index contributed by atoms with van der Waals surface area (Å²) in [5.74, 6) is -1.26. The number of hydrogen-bond donors (Lipinski definition) is 1. The van der Waals surface area contributed by atoms with E-state index in [1.165, 1.54) is 6.07 Å². The van der Waals surface area contributed by atoms with Crippen LogP contribution in [0.1, 0.15) is 17.0 Å². The summed E-state index contributed by atoms with van der Waals surface area (Å²) < 4.78 is 4.73. The Morgan fingerprint density at radius 2 is 2.05 bits per heavy atom. The van der Waals surface area contributed by atoms with Gasteiger partial charge in [-0.1, -0.05) is 17.3 Å². The van der Waals surface area contributed by atoms with Gasteiger partial charge in [0.05, 0.1) is 5.69 Å². The molecule has 2 heterocycles. The predicted octanol–water partition coefficient (Wildman–Crippen LogP) is 1.62. The molecule has 2 aromatic rings. The number of amides is 1. The van der Waals surface area contributed by atoms with E-state index in [-0.39, 0.29) is 11.7 Å². The number of aromatic carboxylic acids is 1. The maximum Gasteiger partial charge on any atom is 0.374 e. The van der Waals surface area contributed by atoms with Crippen LogP contribution in [0.15, 0.2) is 34.9 Å². The monoisotopic (exact) mass is 287 g/mol. The Balaban J connectivity index is 1.83. The van der Waals surface area contributed by atoms with E-state index in [1.54, 1.807) is 12.1 Å². The summed E-state index contributed by atoms with van der Waals surface area (Å²) in [5.41, 5.74) is 2.11. The minimum Gasteiger partial charge on any atom is -0.475 e. The van der Waals surface area contributed by atoms with Crippen molar-refractivity contribution in [3.8, 4) is 11.3 Å². The van der Waals surface area contributed by atoms with Crippen LogP contribution < -0.4 is 5.01 Å². The third-order valence-corrected chi connectivity index (χ3v) is 3.44. The smallest absolute Gasteiger partial charge is 0.374 e. The zero-order valence-corrected chi connectivity index (χ0v) is 11.3. The molecule has 1 amide bonds. The van der Waals surface area contributed by atoms with Crippen molar-refractivity contribution < 1.29 is 19.2 Å². The van der Waals surface area contributed by atoms with Crippen LogP contribution in [0.5, 0.6) is 0 Å². The van der Waals surface area contributed by atoms with E-state index in [4.69, 9.17) is 9.63 Å². The zero-order valence-electron chi connectivity index (χ0n) is 11.3. The van der Waals surface area contributed by atoms with Crippen molar-refractivity contribution in [1.82, 2.24) is 10.2 Å². The maximum absolute atomic E-state index is 11.5. The second-order valence-electron chi connectivity index (χ2n) is 4.72. The number of aromatic nitrogens is 1. The van der Waals surface area contributed by atoms with Gasteiger partial charge in [-0.15, -0.1) is 0 Å². The van der Waals surface area contributed by atoms with Crippen molar-refractivity contribution in [2.24, 2.45) is 0 Å². The molecule has 0 saturated carbocycles. The lowest BCUT2D eigenvalue weighted by Gasteiger charge is -2.26. The van der Waals surface area contributed by atoms with E-state index in [0.717, 1.165) is 11.3 Å². The van der Waals surface area contributed by atoms with Crippen molar-refractivity contribution in [1.29, 1.82) is 0 Å². The average molecular weight is 287 g/mol. The van der Waals surface area contributed by atoms with E-state index in [0.29, 0.717) is 18.7 Å². The Morgan fingerprint density at radius 1 is 1.33 bits per heavy atom. The highest BCUT2D eigenvalue weighted by Gasteiger charge is 2.25. The standard InChI is InChI=1S/C14H13N3O4/c1-16-13(18)6-7-17(16)10-4-2-9(3-5-10)11-8-12(14(19)20)21-15-11/h2-5,8H,6-7H2,1H3,(H,19,20). The fourth-order valence-corrected chi connectivity index (χ4v) is 2.27. The summed E-state index contributed by atoms with van der Waals surface area (Å²) in [4.78, 5) is 22.3. The molecule has 0 unspecified atom stereocenters. The number of carboxylic acid groups (broad SMARTS) is 1. The summed E-state index contributed by atoms with van der Waals surface area (Å²) in [5, 5.41) is 16.0. The molecule has 0 aliphatic carbocycles. The Morgan fingerprint density at radius 3 is 2.57 bits per heavy atom. The van der Waals surface area contributed by atoms with E-state index < -0.39 is 5.97 Å². The third-order valence-electron chi connectivity index (χ3n) is 3.44. The SMILES string of the molecule is CN1C(=O)CCN1c1ccc(-c2cc(C(=O)O)on2)cc1. The zero-order chi connectivity index (χ0) is 15.0. The quantitative estimate of drug-likeness (QED) is 0.923. The molecule has 0 atom stereocenters. The molecule has 0 bridgehead atoms. The number of carbonyl (C=O) groups excluding carboxylic acids is 1. The highest BCUT2D eigenvalue weighted by Crippen LogP contribution is 2.25. The fraction of sp³-hybridized carbons (Fsp3) is 0.214. The number of carbonyl (C=O) groups is 2. The van der Waals surface area contributed by atoms with Crippen LogP contribution in [0.3, 0.4) is 0 Å². The molecule has 1 aliphatic rings. The fourth-order valence-electron chi connectivity index (χ4n) is 2.27. The molecular formula is C14H13N3O4. The number of carboxylic acids is 1. The Labute approximate surface area is 120 Å². The van der Waals surface area contributed by atoms with Gasteiger partial charge in [0, 0.05) is 31.6 Å². The van der Waals surface area contributed by atoms with E-state index in [2.05, 4.69) is 5.16 Å². The van der Waals surface area contributed by atoms with Crippen LogP contribution in [0.25, 0.3) is 11.3 Å². The summed E-state index contributed by atoms with van der Waals surface area (Å²) in [7, 11) is 1.74. The molecule has 1 fully saturated rings. The van der Waals surface area contributed by atoms with Crippen molar-refractivity contribution in [3.63, 3.8) is 0 Å². The third kappa shape index (κ3) is 2.33. The Hall–Kier alpha value is -2.83. The number of rotatable bonds is 3. The minimum atomic E-state index is -1.15. The lowest BCUT2D eigenvalue weighted by Crippen LogP contribution is -2.35. The van der Waals surface area contributed by atoms with Gasteiger partial charge < -0.3 is 9.63 Å². The largest absolute Gasteiger partial charge is 0.475 e. The van der Waals surface area contributed by atoms with Gasteiger partial charge in [0.2, 0.25) is 11.7 Å². The molecule has 0 radical (unpaired) electrons. The molecule has 7 heteroatoms. The van der Waals surface area contributed by atoms with Gasteiger partial charge in [0.25, 0.3) is 0 Å². The van der Waals surface area contributed by atoms with E-state index >= 15 is 0 Å². The molecule has 1 aliphatic heterocycles. The van der Waals surface area contributed by atoms with Crippen LogP contribution in [-0.4, -0.2) is 40.7 Å². The highest BCUT2D eigenvalue weighted by molar-refractivity contribution is 5.86. The molecule has 108 valence electrons. The first kappa shape index (κ1) is 13.2. The van der Waals surface area contributed by atoms with Gasteiger partial charge in [-0.05, 0) is 12.1 Å². The van der Waals surface area contributed by atoms with Gasteiger partial charge in [0.1, 0.15) is 5.69 Å². The highest BCUT2D eigenvalue weighted by atomic mass is 16.5. The predicted molar refractivity (Wildman–Crippen MR) is 73.6 cm³/mol. The lowest BCUT2D eigenvalue weighted by molar-refractivity contribution is -0.126. The van der Waals surface area contributed by atoms with Gasteiger partial charge in [-0.25, -0.2) is 4.79 Å². The first-order valence-corrected chi connectivity index (χ1v) is 6.41. The molecule has 21 heavy (non-hydrogen) atoms. The van der Waals surface area contributed by atoms with Gasteiger partial charge in [-0.2, -0.15) is 0 Å². The molecule has 1 aromatic heterocycles. The Bertz CT molecular complexity index is 692. The molecule has 0 spiro atoms. The first-order valence-electron chi connectivity index (χ1n) is 6.41. The number of nitrogens with zero attached hydrogens (tertiary/aromatic N) is 3. The molecule has 3 rings (SSSR count). The summed E-state index contributed by atoms with van der Waals surface area (Å²) in [6, 6.07) is 8.73. The minimum absolute atomic E-state index is 0.0849. The molecule has 1 N–H and O–H groups in total. The average Bonchev–Trinajstić information content (AvgIpc) is 3.08.